The molecule has 6 rings (SSSR count). The van der Waals surface area contributed by atoms with Gasteiger partial charge in [-0.1, -0.05) is 109 Å². The summed E-state index contributed by atoms with van der Waals surface area (Å²) in [4.78, 5) is 0. The van der Waals surface area contributed by atoms with Crippen LogP contribution in [0.1, 0.15) is 46.9 Å². The van der Waals surface area contributed by atoms with Crippen molar-refractivity contribution in [2.75, 3.05) is 0 Å². The van der Waals surface area contributed by atoms with Gasteiger partial charge >= 0.3 is 0 Å². The summed E-state index contributed by atoms with van der Waals surface area (Å²) >= 11 is 0. The van der Waals surface area contributed by atoms with Crippen molar-refractivity contribution in [1.29, 1.82) is 0 Å². The largest absolute Gasteiger partial charge is 0.0622 e. The molecular weight excluding hydrogens is 372 g/mol. The fourth-order valence-electron chi connectivity index (χ4n) is 5.77. The van der Waals surface area contributed by atoms with E-state index in [1.54, 1.807) is 11.1 Å². The molecule has 0 aromatic heterocycles. The molecule has 1 unspecified atom stereocenters. The lowest BCUT2D eigenvalue weighted by molar-refractivity contribution is 0.507. The van der Waals surface area contributed by atoms with E-state index in [9.17, 15) is 0 Å². The van der Waals surface area contributed by atoms with Crippen LogP contribution in [0.5, 0.6) is 0 Å². The number of hydrogen-bond acceptors (Lipinski definition) is 0. The number of benzene rings is 5. The minimum absolute atomic E-state index is 0.388. The van der Waals surface area contributed by atoms with Crippen LogP contribution in [-0.4, -0.2) is 0 Å². The number of hydrogen-bond donors (Lipinski definition) is 0. The summed E-state index contributed by atoms with van der Waals surface area (Å²) in [6, 6.07) is 40.4. The Hall–Kier alpha value is -3.38. The molecule has 1 aliphatic rings. The molecule has 0 heterocycles. The minimum atomic E-state index is 0.388. The van der Waals surface area contributed by atoms with E-state index in [2.05, 4.69) is 109 Å². The van der Waals surface area contributed by atoms with Crippen molar-refractivity contribution < 1.29 is 0 Å². The van der Waals surface area contributed by atoms with Crippen LogP contribution in [0.4, 0.5) is 0 Å². The molecule has 0 heteroatoms. The fourth-order valence-corrected chi connectivity index (χ4v) is 5.77. The molecule has 31 heavy (non-hydrogen) atoms. The maximum atomic E-state index is 2.44. The van der Waals surface area contributed by atoms with Crippen molar-refractivity contribution in [2.45, 2.75) is 31.1 Å². The first-order chi connectivity index (χ1) is 15.4. The molecular formula is C31H26. The normalized spacial score (nSPS) is 16.0. The van der Waals surface area contributed by atoms with Gasteiger partial charge in [0.25, 0.3) is 0 Å². The molecule has 0 saturated carbocycles. The zero-order valence-corrected chi connectivity index (χ0v) is 17.7. The standard InChI is InChI=1S/C31H26/c1-3-11-23(12-4-1)31(24-13-5-2-6-14-24)30-17-9-16-26-28-19-18-22-10-7-8-15-25(22)27(28)20-21-29(26)30/h1-8,10-15,18-21,30-31H,9,16-17H2. The quantitative estimate of drug-likeness (QED) is 0.268. The molecule has 0 saturated heterocycles. The second-order valence-electron chi connectivity index (χ2n) is 8.81. The molecule has 0 aliphatic heterocycles. The maximum Gasteiger partial charge on any atom is 0.0158 e. The highest BCUT2D eigenvalue weighted by Crippen LogP contribution is 2.47. The SMILES string of the molecule is c1ccc(C(c2ccccc2)C2CCCc3c2ccc2c3ccc3ccccc32)cc1. The van der Waals surface area contributed by atoms with Crippen molar-refractivity contribution in [3.05, 3.63) is 131 Å². The first-order valence-electron chi connectivity index (χ1n) is 11.4. The Bertz CT molecular complexity index is 1310. The summed E-state index contributed by atoms with van der Waals surface area (Å²) in [6.45, 7) is 0. The number of aryl methyl sites for hydroxylation is 1. The molecule has 0 spiro atoms. The zero-order valence-electron chi connectivity index (χ0n) is 17.7. The molecule has 0 nitrogen and oxygen atoms in total. The van der Waals surface area contributed by atoms with E-state index in [-0.39, 0.29) is 0 Å². The summed E-state index contributed by atoms with van der Waals surface area (Å²) in [5.74, 6) is 0.892. The fraction of sp³-hybridized carbons (Fsp3) is 0.161. The Morgan fingerprint density at radius 1 is 0.548 bits per heavy atom. The first kappa shape index (κ1) is 18.4. The van der Waals surface area contributed by atoms with E-state index in [4.69, 9.17) is 0 Å². The predicted molar refractivity (Wildman–Crippen MR) is 132 cm³/mol. The minimum Gasteiger partial charge on any atom is -0.0622 e. The second-order valence-corrected chi connectivity index (χ2v) is 8.81. The van der Waals surface area contributed by atoms with Crippen LogP contribution in [-0.2, 0) is 6.42 Å². The third kappa shape index (κ3) is 3.15. The average molecular weight is 399 g/mol. The number of rotatable bonds is 3. The Kier molecular flexibility index (Phi) is 4.57. The second kappa shape index (κ2) is 7.71. The molecule has 1 atom stereocenters. The monoisotopic (exact) mass is 398 g/mol. The van der Waals surface area contributed by atoms with E-state index in [0.29, 0.717) is 11.8 Å². The van der Waals surface area contributed by atoms with Gasteiger partial charge in [-0.25, -0.2) is 0 Å². The molecule has 0 bridgehead atoms. The summed E-state index contributed by atoms with van der Waals surface area (Å²) < 4.78 is 0. The molecule has 0 N–H and O–H groups in total. The summed E-state index contributed by atoms with van der Waals surface area (Å²) in [5.41, 5.74) is 5.96. The summed E-state index contributed by atoms with van der Waals surface area (Å²) in [6.07, 6.45) is 3.66. The van der Waals surface area contributed by atoms with Gasteiger partial charge < -0.3 is 0 Å². The van der Waals surface area contributed by atoms with E-state index >= 15 is 0 Å². The van der Waals surface area contributed by atoms with Gasteiger partial charge in [-0.3, -0.25) is 0 Å². The Labute approximate surface area is 184 Å². The molecule has 5 aromatic carbocycles. The van der Waals surface area contributed by atoms with Gasteiger partial charge in [0, 0.05) is 5.92 Å². The van der Waals surface area contributed by atoms with Crippen LogP contribution in [0.15, 0.2) is 109 Å². The van der Waals surface area contributed by atoms with Crippen LogP contribution < -0.4 is 0 Å². The van der Waals surface area contributed by atoms with E-state index < -0.39 is 0 Å². The summed E-state index contributed by atoms with van der Waals surface area (Å²) in [5, 5.41) is 5.54. The van der Waals surface area contributed by atoms with Gasteiger partial charge in [0.1, 0.15) is 0 Å². The molecule has 5 aromatic rings. The van der Waals surface area contributed by atoms with Crippen molar-refractivity contribution in [3.63, 3.8) is 0 Å². The van der Waals surface area contributed by atoms with Crippen LogP contribution >= 0.6 is 0 Å². The van der Waals surface area contributed by atoms with E-state index in [1.165, 1.54) is 51.9 Å². The van der Waals surface area contributed by atoms with Gasteiger partial charge in [0.2, 0.25) is 0 Å². The maximum absolute atomic E-state index is 2.44. The van der Waals surface area contributed by atoms with Crippen LogP contribution in [0, 0.1) is 0 Å². The Morgan fingerprint density at radius 2 is 1.19 bits per heavy atom. The predicted octanol–water partition coefficient (Wildman–Crippen LogP) is 8.25. The zero-order chi connectivity index (χ0) is 20.6. The average Bonchev–Trinajstić information content (AvgIpc) is 2.85. The highest BCUT2D eigenvalue weighted by atomic mass is 14.3. The van der Waals surface area contributed by atoms with Crippen molar-refractivity contribution in [1.82, 2.24) is 0 Å². The molecule has 150 valence electrons. The van der Waals surface area contributed by atoms with Crippen molar-refractivity contribution in [2.24, 2.45) is 0 Å². The van der Waals surface area contributed by atoms with Gasteiger partial charge in [-0.2, -0.15) is 0 Å². The van der Waals surface area contributed by atoms with Crippen LogP contribution in [0.25, 0.3) is 21.5 Å². The third-order valence-electron chi connectivity index (χ3n) is 7.13. The third-order valence-corrected chi connectivity index (χ3v) is 7.13. The molecule has 1 aliphatic carbocycles. The topological polar surface area (TPSA) is 0 Å². The van der Waals surface area contributed by atoms with Gasteiger partial charge in [-0.15, -0.1) is 0 Å². The smallest absolute Gasteiger partial charge is 0.0158 e. The van der Waals surface area contributed by atoms with Crippen LogP contribution in [0.3, 0.4) is 0 Å². The highest BCUT2D eigenvalue weighted by Gasteiger charge is 2.31. The van der Waals surface area contributed by atoms with Crippen LogP contribution in [0.2, 0.25) is 0 Å². The van der Waals surface area contributed by atoms with Gasteiger partial charge in [0.05, 0.1) is 0 Å². The first-order valence-corrected chi connectivity index (χ1v) is 11.4. The van der Waals surface area contributed by atoms with Gasteiger partial charge in [-0.05, 0) is 69.0 Å². The van der Waals surface area contributed by atoms with Crippen molar-refractivity contribution in [3.8, 4) is 0 Å². The molecule has 0 radical (unpaired) electrons. The lowest BCUT2D eigenvalue weighted by Crippen LogP contribution is -2.18. The molecule has 0 amide bonds. The number of fused-ring (bicyclic) bond motifs is 5. The lowest BCUT2D eigenvalue weighted by atomic mass is 9.70. The highest BCUT2D eigenvalue weighted by molar-refractivity contribution is 6.08. The van der Waals surface area contributed by atoms with Crippen molar-refractivity contribution >= 4 is 21.5 Å². The lowest BCUT2D eigenvalue weighted by Gasteiger charge is -2.34. The molecule has 0 fully saturated rings. The van der Waals surface area contributed by atoms with Gasteiger partial charge in [0.15, 0.2) is 0 Å². The Balaban J connectivity index is 1.56. The van der Waals surface area contributed by atoms with E-state index in [1.807, 2.05) is 0 Å². The van der Waals surface area contributed by atoms with E-state index in [0.717, 1.165) is 0 Å². The summed E-state index contributed by atoms with van der Waals surface area (Å²) in [7, 11) is 0. The Morgan fingerprint density at radius 3 is 1.94 bits per heavy atom.